The van der Waals surface area contributed by atoms with Gasteiger partial charge in [0.1, 0.15) is 0 Å². The Balaban J connectivity index is 0.000000145. The van der Waals surface area contributed by atoms with E-state index in [4.69, 9.17) is 0 Å². The van der Waals surface area contributed by atoms with E-state index in [1.807, 2.05) is 0 Å². The van der Waals surface area contributed by atoms with Crippen molar-refractivity contribution in [3.05, 3.63) is 273 Å². The van der Waals surface area contributed by atoms with E-state index >= 15 is 0 Å². The summed E-state index contributed by atoms with van der Waals surface area (Å²) in [6.45, 7) is 0. The molecule has 0 saturated heterocycles. The molecule has 4 heteroatoms. The molecule has 58 heavy (non-hydrogen) atoms. The number of hydrogen-bond acceptors (Lipinski definition) is 0. The van der Waals surface area contributed by atoms with Crippen molar-refractivity contribution in [3.63, 3.8) is 0 Å². The molecule has 0 fully saturated rings. The summed E-state index contributed by atoms with van der Waals surface area (Å²) in [6.07, 6.45) is 0. The van der Waals surface area contributed by atoms with Crippen LogP contribution in [0.15, 0.2) is 273 Å². The average Bonchev–Trinajstić information content (AvgIpc) is 3.30. The topological polar surface area (TPSA) is 0 Å². The van der Waals surface area contributed by atoms with Crippen molar-refractivity contribution in [2.75, 3.05) is 0 Å². The second kappa shape index (κ2) is 23.4. The van der Waals surface area contributed by atoms with Crippen molar-refractivity contribution in [1.82, 2.24) is 0 Å². The second-order valence-electron chi connectivity index (χ2n) is 13.0. The molecule has 0 heterocycles. The van der Waals surface area contributed by atoms with E-state index in [0.717, 1.165) is 0 Å². The van der Waals surface area contributed by atoms with E-state index in [1.54, 1.807) is 0 Å². The van der Waals surface area contributed by atoms with Gasteiger partial charge in [-0.15, -0.1) is 0 Å². The third-order valence-electron chi connectivity index (χ3n) is 9.13. The molecule has 0 aliphatic rings. The summed E-state index contributed by atoms with van der Waals surface area (Å²) < 4.78 is 0. The Kier molecular flexibility index (Phi) is 17.2. The minimum atomic E-state index is -0.446. The third kappa shape index (κ3) is 12.0. The Hall–Kier alpha value is -5.04. The molecular weight excluding hydrogens is 925 g/mol. The van der Waals surface area contributed by atoms with Crippen molar-refractivity contribution in [2.24, 2.45) is 0 Å². The van der Waals surface area contributed by atoms with E-state index in [9.17, 15) is 0 Å². The van der Waals surface area contributed by atoms with Gasteiger partial charge in [0.15, 0.2) is 0 Å². The Morgan fingerprint density at radius 1 is 0.138 bits per heavy atom. The maximum atomic E-state index is 2.23. The van der Waals surface area contributed by atoms with Gasteiger partial charge in [0.05, 0.1) is 0 Å². The van der Waals surface area contributed by atoms with Crippen molar-refractivity contribution in [1.29, 1.82) is 0 Å². The first kappa shape index (κ1) is 42.6. The molecule has 0 nitrogen and oxygen atoms in total. The molecule has 0 radical (unpaired) electrons. The van der Waals surface area contributed by atoms with Crippen molar-refractivity contribution in [3.8, 4) is 0 Å². The molecule has 0 saturated carbocycles. The van der Waals surface area contributed by atoms with Crippen LogP contribution in [0.5, 0.6) is 0 Å². The van der Waals surface area contributed by atoms with Gasteiger partial charge < -0.3 is 0 Å². The van der Waals surface area contributed by atoms with E-state index in [2.05, 4.69) is 273 Å². The number of hydrogen-bond donors (Lipinski definition) is 0. The Labute approximate surface area is 363 Å². The number of benzene rings is 9. The van der Waals surface area contributed by atoms with E-state index < -0.39 is 23.8 Å². The molecule has 0 unspecified atom stereocenters. The third-order valence-corrected chi connectivity index (χ3v) is 16.5. The zero-order chi connectivity index (χ0) is 38.7. The maximum Gasteiger partial charge on any atom is 0 e. The van der Waals surface area contributed by atoms with Crippen molar-refractivity contribution in [2.45, 2.75) is 0 Å². The van der Waals surface area contributed by atoms with Gasteiger partial charge in [0.2, 0.25) is 0 Å². The van der Waals surface area contributed by atoms with E-state index in [-0.39, 0.29) is 21.1 Å². The van der Waals surface area contributed by atoms with Gasteiger partial charge >= 0.3 is 0 Å². The minimum absolute atomic E-state index is 0. The predicted octanol–water partition coefficient (Wildman–Crippen LogP) is 10.3. The summed E-state index contributed by atoms with van der Waals surface area (Å²) in [7, 11) is -1.34. The van der Waals surface area contributed by atoms with Crippen LogP contribution in [0.2, 0.25) is 0 Å². The summed E-state index contributed by atoms with van der Waals surface area (Å²) in [5.74, 6) is 0. The molecule has 0 bridgehead atoms. The summed E-state index contributed by atoms with van der Waals surface area (Å²) in [4.78, 5) is 0. The van der Waals surface area contributed by atoms with Crippen LogP contribution in [-0.2, 0) is 21.1 Å². The zero-order valence-corrected chi connectivity index (χ0v) is 37.8. The molecule has 0 atom stereocenters. The van der Waals surface area contributed by atoms with Crippen LogP contribution in [0.25, 0.3) is 0 Å². The Morgan fingerprint density at radius 2 is 0.224 bits per heavy atom. The molecule has 0 spiro atoms. The molecule has 9 rings (SSSR count). The van der Waals surface area contributed by atoms with Crippen LogP contribution >= 0.6 is 23.8 Å². The van der Waals surface area contributed by atoms with E-state index in [1.165, 1.54) is 47.7 Å². The van der Waals surface area contributed by atoms with Gasteiger partial charge in [-0.1, -0.05) is 273 Å². The predicted molar refractivity (Wildman–Crippen MR) is 255 cm³/mol. The minimum Gasteiger partial charge on any atom is -0.0622 e. The summed E-state index contributed by atoms with van der Waals surface area (Å²) in [5, 5.41) is 12.6. The molecule has 0 amide bonds. The summed E-state index contributed by atoms with van der Waals surface area (Å²) in [6, 6.07) is 97.0. The number of rotatable bonds is 9. The van der Waals surface area contributed by atoms with Gasteiger partial charge in [-0.3, -0.25) is 0 Å². The summed E-state index contributed by atoms with van der Waals surface area (Å²) in [5.41, 5.74) is 0. The summed E-state index contributed by atoms with van der Waals surface area (Å²) >= 11 is 0. The average molecular weight is 971 g/mol. The SMILES string of the molecule is [W].c1ccc(P(c2ccccc2)c2ccccc2)cc1.c1ccc(P(c2ccccc2)c2ccccc2)cc1.c1ccc(P(c2ccccc2)c2ccccc2)cc1. The largest absolute Gasteiger partial charge is 0.0622 e. The van der Waals surface area contributed by atoms with Crippen LogP contribution in [0.1, 0.15) is 0 Å². The molecule has 282 valence electrons. The molecule has 0 aliphatic carbocycles. The monoisotopic (exact) mass is 970 g/mol. The molecule has 9 aromatic carbocycles. The van der Waals surface area contributed by atoms with Gasteiger partial charge in [-0.25, -0.2) is 0 Å². The van der Waals surface area contributed by atoms with Crippen LogP contribution in [-0.4, -0.2) is 0 Å². The fourth-order valence-corrected chi connectivity index (χ4v) is 13.5. The Morgan fingerprint density at radius 3 is 0.310 bits per heavy atom. The molecule has 0 aliphatic heterocycles. The second-order valence-corrected chi connectivity index (χ2v) is 19.7. The molecule has 0 aromatic heterocycles. The fraction of sp³-hybridized carbons (Fsp3) is 0. The fourth-order valence-electron chi connectivity index (χ4n) is 6.54. The zero-order valence-electron chi connectivity index (χ0n) is 32.2. The molecule has 9 aromatic rings. The first-order chi connectivity index (χ1) is 28.3. The van der Waals surface area contributed by atoms with Crippen molar-refractivity contribution < 1.29 is 21.1 Å². The molecular formula is C54H45P3W. The van der Waals surface area contributed by atoms with Crippen molar-refractivity contribution >= 4 is 71.5 Å². The first-order valence-corrected chi connectivity index (χ1v) is 23.2. The van der Waals surface area contributed by atoms with Gasteiger partial charge in [0.25, 0.3) is 0 Å². The smallest absolute Gasteiger partial charge is 0 e. The van der Waals surface area contributed by atoms with Gasteiger partial charge in [0, 0.05) is 21.1 Å². The molecule has 0 N–H and O–H groups in total. The van der Waals surface area contributed by atoms with E-state index in [0.29, 0.717) is 0 Å². The Bertz CT molecular complexity index is 1860. The normalized spacial score (nSPS) is 10.4. The standard InChI is InChI=1S/3C18H15P.W/c3*1-4-10-16(11-5-1)19(17-12-6-2-7-13-17)18-14-8-3-9-15-18;/h3*1-15H;. The van der Waals surface area contributed by atoms with Crippen LogP contribution in [0.4, 0.5) is 0 Å². The van der Waals surface area contributed by atoms with Gasteiger partial charge in [-0.05, 0) is 71.5 Å². The maximum absolute atomic E-state index is 2.23. The quantitative estimate of drug-likeness (QED) is 0.127. The first-order valence-electron chi connectivity index (χ1n) is 19.2. The van der Waals surface area contributed by atoms with Gasteiger partial charge in [-0.2, -0.15) is 0 Å². The van der Waals surface area contributed by atoms with Crippen LogP contribution in [0, 0.1) is 0 Å². The van der Waals surface area contributed by atoms with Crippen LogP contribution < -0.4 is 47.7 Å². The van der Waals surface area contributed by atoms with Crippen LogP contribution in [0.3, 0.4) is 0 Å².